The van der Waals surface area contributed by atoms with Crippen LogP contribution in [0.3, 0.4) is 0 Å². The molecule has 0 aliphatic heterocycles. The lowest BCUT2D eigenvalue weighted by Crippen LogP contribution is -2.30. The van der Waals surface area contributed by atoms with E-state index >= 15 is 0 Å². The van der Waals surface area contributed by atoms with Gasteiger partial charge in [-0.2, -0.15) is 0 Å². The van der Waals surface area contributed by atoms with Crippen LogP contribution in [0.25, 0.3) is 0 Å². The highest BCUT2D eigenvalue weighted by Gasteiger charge is 2.04. The highest BCUT2D eigenvalue weighted by molar-refractivity contribution is 5.46. The maximum atomic E-state index is 4.21. The van der Waals surface area contributed by atoms with E-state index in [-0.39, 0.29) is 0 Å². The quantitative estimate of drug-likeness (QED) is 0.755. The molecule has 0 spiro atoms. The SMILES string of the molecule is CCCNc1cc(NC(C)CN(C)C)ncn1. The third kappa shape index (κ3) is 5.49. The Hall–Kier alpha value is -1.36. The third-order valence-corrected chi connectivity index (χ3v) is 2.26. The van der Waals surface area contributed by atoms with Crippen molar-refractivity contribution in [3.63, 3.8) is 0 Å². The molecule has 0 fully saturated rings. The number of aromatic nitrogens is 2. The van der Waals surface area contributed by atoms with Crippen molar-refractivity contribution in [1.29, 1.82) is 0 Å². The van der Waals surface area contributed by atoms with Crippen molar-refractivity contribution in [2.24, 2.45) is 0 Å². The first-order chi connectivity index (χ1) is 8.11. The Labute approximate surface area is 104 Å². The molecule has 1 aromatic heterocycles. The predicted octanol–water partition coefficient (Wildman–Crippen LogP) is 1.66. The van der Waals surface area contributed by atoms with Crippen molar-refractivity contribution < 1.29 is 0 Å². The first-order valence-corrected chi connectivity index (χ1v) is 6.09. The van der Waals surface area contributed by atoms with E-state index in [2.05, 4.69) is 53.4 Å². The van der Waals surface area contributed by atoms with Gasteiger partial charge in [-0.3, -0.25) is 0 Å². The fraction of sp³-hybridized carbons (Fsp3) is 0.667. The summed E-state index contributed by atoms with van der Waals surface area (Å²) in [6.07, 6.45) is 2.67. The Kier molecular flexibility index (Phi) is 5.69. The van der Waals surface area contributed by atoms with Crippen molar-refractivity contribution in [1.82, 2.24) is 14.9 Å². The Bertz CT molecular complexity index is 326. The van der Waals surface area contributed by atoms with E-state index in [1.807, 2.05) is 6.07 Å². The summed E-state index contributed by atoms with van der Waals surface area (Å²) in [6, 6.07) is 2.31. The van der Waals surface area contributed by atoms with Gasteiger partial charge in [0.1, 0.15) is 18.0 Å². The van der Waals surface area contributed by atoms with Gasteiger partial charge in [0.2, 0.25) is 0 Å². The number of rotatable bonds is 7. The molecule has 96 valence electrons. The number of hydrogen-bond donors (Lipinski definition) is 2. The van der Waals surface area contributed by atoms with Crippen molar-refractivity contribution in [2.75, 3.05) is 37.8 Å². The lowest BCUT2D eigenvalue weighted by atomic mass is 10.3. The van der Waals surface area contributed by atoms with Gasteiger partial charge in [-0.1, -0.05) is 6.92 Å². The van der Waals surface area contributed by atoms with E-state index in [9.17, 15) is 0 Å². The van der Waals surface area contributed by atoms with Gasteiger partial charge in [0, 0.05) is 25.2 Å². The van der Waals surface area contributed by atoms with Crippen LogP contribution >= 0.6 is 0 Å². The molecule has 1 unspecified atom stereocenters. The van der Waals surface area contributed by atoms with E-state index in [0.29, 0.717) is 6.04 Å². The molecule has 0 radical (unpaired) electrons. The molecule has 0 aromatic carbocycles. The van der Waals surface area contributed by atoms with Gasteiger partial charge in [0.15, 0.2) is 0 Å². The second-order valence-electron chi connectivity index (χ2n) is 4.52. The van der Waals surface area contributed by atoms with Crippen LogP contribution in [-0.2, 0) is 0 Å². The highest BCUT2D eigenvalue weighted by atomic mass is 15.1. The lowest BCUT2D eigenvalue weighted by Gasteiger charge is -2.18. The molecule has 5 heteroatoms. The lowest BCUT2D eigenvalue weighted by molar-refractivity contribution is 0.392. The van der Waals surface area contributed by atoms with Gasteiger partial charge in [0.05, 0.1) is 0 Å². The van der Waals surface area contributed by atoms with Crippen molar-refractivity contribution in [3.05, 3.63) is 12.4 Å². The summed E-state index contributed by atoms with van der Waals surface area (Å²) in [5, 5.41) is 6.60. The van der Waals surface area contributed by atoms with Crippen LogP contribution in [0.2, 0.25) is 0 Å². The molecule has 0 bridgehead atoms. The Balaban J connectivity index is 2.52. The molecule has 1 heterocycles. The largest absolute Gasteiger partial charge is 0.370 e. The monoisotopic (exact) mass is 237 g/mol. The first kappa shape index (κ1) is 13.7. The summed E-state index contributed by atoms with van der Waals surface area (Å²) in [6.45, 7) is 6.18. The summed E-state index contributed by atoms with van der Waals surface area (Å²) in [5.74, 6) is 1.74. The van der Waals surface area contributed by atoms with Crippen LogP contribution in [-0.4, -0.2) is 48.1 Å². The summed E-state index contributed by atoms with van der Waals surface area (Å²) in [7, 11) is 4.12. The first-order valence-electron chi connectivity index (χ1n) is 6.09. The highest BCUT2D eigenvalue weighted by Crippen LogP contribution is 2.09. The van der Waals surface area contributed by atoms with Gasteiger partial charge < -0.3 is 15.5 Å². The summed E-state index contributed by atoms with van der Waals surface area (Å²) >= 11 is 0. The zero-order valence-corrected chi connectivity index (χ0v) is 11.2. The van der Waals surface area contributed by atoms with Crippen LogP contribution in [0.1, 0.15) is 20.3 Å². The maximum Gasteiger partial charge on any atom is 0.131 e. The number of likely N-dealkylation sites (N-methyl/N-ethyl adjacent to an activating group) is 1. The van der Waals surface area contributed by atoms with E-state index in [1.165, 1.54) is 0 Å². The Morgan fingerprint density at radius 3 is 2.65 bits per heavy atom. The smallest absolute Gasteiger partial charge is 0.131 e. The fourth-order valence-corrected chi connectivity index (χ4v) is 1.63. The van der Waals surface area contributed by atoms with Crippen LogP contribution < -0.4 is 10.6 Å². The molecule has 0 amide bonds. The number of hydrogen-bond acceptors (Lipinski definition) is 5. The minimum Gasteiger partial charge on any atom is -0.370 e. The number of anilines is 2. The second-order valence-corrected chi connectivity index (χ2v) is 4.52. The molecule has 0 saturated heterocycles. The van der Waals surface area contributed by atoms with E-state index in [4.69, 9.17) is 0 Å². The number of nitrogens with zero attached hydrogens (tertiary/aromatic N) is 3. The maximum absolute atomic E-state index is 4.21. The van der Waals surface area contributed by atoms with Crippen LogP contribution in [0.5, 0.6) is 0 Å². The Morgan fingerprint density at radius 1 is 1.29 bits per heavy atom. The predicted molar refractivity (Wildman–Crippen MR) is 72.5 cm³/mol. The molecule has 1 rings (SSSR count). The van der Waals surface area contributed by atoms with Crippen molar-refractivity contribution >= 4 is 11.6 Å². The molecule has 0 saturated carbocycles. The average molecular weight is 237 g/mol. The third-order valence-electron chi connectivity index (χ3n) is 2.26. The minimum absolute atomic E-state index is 0.360. The molecule has 17 heavy (non-hydrogen) atoms. The standard InChI is InChI=1S/C12H23N5/c1-5-6-13-11-7-12(15-9-14-11)16-10(2)8-17(3)4/h7,9-10H,5-6,8H2,1-4H3,(H2,13,14,15,16). The second kappa shape index (κ2) is 7.06. The van der Waals surface area contributed by atoms with E-state index in [1.54, 1.807) is 6.33 Å². The Morgan fingerprint density at radius 2 is 2.00 bits per heavy atom. The molecule has 1 aromatic rings. The molecule has 1 atom stereocenters. The number of nitrogens with one attached hydrogen (secondary N) is 2. The fourth-order valence-electron chi connectivity index (χ4n) is 1.63. The molecule has 0 aliphatic rings. The van der Waals surface area contributed by atoms with Gasteiger partial charge in [-0.05, 0) is 27.4 Å². The van der Waals surface area contributed by atoms with Gasteiger partial charge in [-0.15, -0.1) is 0 Å². The zero-order chi connectivity index (χ0) is 12.7. The van der Waals surface area contributed by atoms with Gasteiger partial charge in [0.25, 0.3) is 0 Å². The molecule has 2 N–H and O–H groups in total. The molecule has 5 nitrogen and oxygen atoms in total. The van der Waals surface area contributed by atoms with E-state index < -0.39 is 0 Å². The topological polar surface area (TPSA) is 53.1 Å². The summed E-state index contributed by atoms with van der Waals surface area (Å²) in [4.78, 5) is 10.5. The molecule has 0 aliphatic carbocycles. The average Bonchev–Trinajstić information content (AvgIpc) is 2.25. The van der Waals surface area contributed by atoms with Gasteiger partial charge >= 0.3 is 0 Å². The zero-order valence-electron chi connectivity index (χ0n) is 11.2. The van der Waals surface area contributed by atoms with Crippen molar-refractivity contribution in [2.45, 2.75) is 26.3 Å². The summed E-state index contributed by atoms with van der Waals surface area (Å²) < 4.78 is 0. The molecular formula is C12H23N5. The van der Waals surface area contributed by atoms with E-state index in [0.717, 1.165) is 31.1 Å². The van der Waals surface area contributed by atoms with Gasteiger partial charge in [-0.25, -0.2) is 9.97 Å². The summed E-state index contributed by atoms with van der Waals surface area (Å²) in [5.41, 5.74) is 0. The minimum atomic E-state index is 0.360. The van der Waals surface area contributed by atoms with Crippen LogP contribution in [0, 0.1) is 0 Å². The molecular weight excluding hydrogens is 214 g/mol. The van der Waals surface area contributed by atoms with Crippen LogP contribution in [0.4, 0.5) is 11.6 Å². The van der Waals surface area contributed by atoms with Crippen LogP contribution in [0.15, 0.2) is 12.4 Å². The van der Waals surface area contributed by atoms with Crippen molar-refractivity contribution in [3.8, 4) is 0 Å². The normalized spacial score (nSPS) is 12.5.